The van der Waals surface area contributed by atoms with Gasteiger partial charge < -0.3 is 5.32 Å². The Labute approximate surface area is 160 Å². The summed E-state index contributed by atoms with van der Waals surface area (Å²) in [6, 6.07) is 8.92. The Morgan fingerprint density at radius 2 is 2.28 bits per heavy atom. The van der Waals surface area contributed by atoms with Gasteiger partial charge >= 0.3 is 0 Å². The maximum absolute atomic E-state index is 12.2. The first-order valence-electron chi connectivity index (χ1n) is 7.90. The molecule has 128 valence electrons. The van der Waals surface area contributed by atoms with E-state index in [0.717, 1.165) is 24.8 Å². The van der Waals surface area contributed by atoms with Gasteiger partial charge in [0.2, 0.25) is 0 Å². The van der Waals surface area contributed by atoms with E-state index >= 15 is 0 Å². The van der Waals surface area contributed by atoms with E-state index in [1.807, 2.05) is 0 Å². The minimum Gasteiger partial charge on any atom is -0.323 e. The van der Waals surface area contributed by atoms with Crippen molar-refractivity contribution in [2.45, 2.75) is 26.2 Å². The van der Waals surface area contributed by atoms with E-state index in [-0.39, 0.29) is 11.0 Å². The number of carbonyl (C=O) groups is 1. The van der Waals surface area contributed by atoms with E-state index in [2.05, 4.69) is 23.6 Å². The van der Waals surface area contributed by atoms with E-state index in [0.29, 0.717) is 27.1 Å². The lowest BCUT2D eigenvalue weighted by Gasteiger charge is -2.17. The Morgan fingerprint density at radius 3 is 3.00 bits per heavy atom. The average molecular weight is 390 g/mol. The largest absolute Gasteiger partial charge is 0.323 e. The molecule has 2 N–H and O–H groups in total. The van der Waals surface area contributed by atoms with Crippen molar-refractivity contribution in [3.05, 3.63) is 50.9 Å². The van der Waals surface area contributed by atoms with Crippen LogP contribution in [0, 0.1) is 17.2 Å². The van der Waals surface area contributed by atoms with Crippen LogP contribution < -0.4 is 10.6 Å². The van der Waals surface area contributed by atoms with Gasteiger partial charge in [0.05, 0.1) is 5.56 Å². The third-order valence-corrected chi connectivity index (χ3v) is 5.77. The fourth-order valence-electron chi connectivity index (χ4n) is 2.90. The van der Waals surface area contributed by atoms with Crippen molar-refractivity contribution in [1.29, 1.82) is 5.26 Å². The number of halogens is 1. The van der Waals surface area contributed by atoms with E-state index in [1.54, 1.807) is 35.6 Å². The number of benzene rings is 1. The Bertz CT molecular complexity index is 885. The number of fused-ring (bicyclic) bond motifs is 1. The molecule has 0 radical (unpaired) electrons. The van der Waals surface area contributed by atoms with Gasteiger partial charge in [-0.25, -0.2) is 0 Å². The van der Waals surface area contributed by atoms with Crippen molar-refractivity contribution in [2.75, 3.05) is 5.32 Å². The number of anilines is 1. The Balaban J connectivity index is 1.73. The molecule has 1 aromatic carbocycles. The van der Waals surface area contributed by atoms with Gasteiger partial charge in [0, 0.05) is 15.5 Å². The minimum atomic E-state index is -0.339. The van der Waals surface area contributed by atoms with Gasteiger partial charge in [-0.05, 0) is 61.2 Å². The zero-order valence-electron chi connectivity index (χ0n) is 13.6. The highest BCUT2D eigenvalue weighted by atomic mass is 35.5. The Hall–Kier alpha value is -1.94. The lowest BCUT2D eigenvalue weighted by molar-refractivity contribution is 0.0977. The summed E-state index contributed by atoms with van der Waals surface area (Å²) in [5.74, 6) is 0.286. The molecule has 1 atom stereocenters. The second kappa shape index (κ2) is 7.52. The lowest BCUT2D eigenvalue weighted by atomic mass is 9.89. The summed E-state index contributed by atoms with van der Waals surface area (Å²) in [7, 11) is 0. The third-order valence-electron chi connectivity index (χ3n) is 4.16. The number of thiocarbonyl (C=S) groups is 1. The highest BCUT2D eigenvalue weighted by molar-refractivity contribution is 7.80. The summed E-state index contributed by atoms with van der Waals surface area (Å²) in [6.07, 6.45) is 2.99. The summed E-state index contributed by atoms with van der Waals surface area (Å²) < 4.78 is 0. The SMILES string of the molecule is C[C@@H]1CCc2c(sc(NC(=S)NC(=O)c3cccc(Cl)c3)c2C#N)C1. The molecule has 0 fully saturated rings. The molecule has 1 aliphatic rings. The highest BCUT2D eigenvalue weighted by Crippen LogP contribution is 2.39. The molecule has 1 heterocycles. The molecule has 4 nitrogen and oxygen atoms in total. The highest BCUT2D eigenvalue weighted by Gasteiger charge is 2.24. The standard InChI is InChI=1S/C18H16ClN3OS2/c1-10-5-6-13-14(9-20)17(25-15(13)7-10)22-18(24)21-16(23)11-3-2-4-12(19)8-11/h2-4,8,10H,5-7H2,1H3,(H2,21,22,23,24)/t10-/m1/s1. The van der Waals surface area contributed by atoms with Crippen molar-refractivity contribution in [3.63, 3.8) is 0 Å². The van der Waals surface area contributed by atoms with Crippen LogP contribution in [0.2, 0.25) is 5.02 Å². The molecular weight excluding hydrogens is 374 g/mol. The van der Waals surface area contributed by atoms with Crippen LogP contribution in [0.1, 0.15) is 39.7 Å². The second-order valence-electron chi connectivity index (χ2n) is 6.09. The fraction of sp³-hybridized carbons (Fsp3) is 0.278. The Morgan fingerprint density at radius 1 is 1.48 bits per heavy atom. The van der Waals surface area contributed by atoms with Gasteiger partial charge in [0.1, 0.15) is 11.1 Å². The molecule has 0 spiro atoms. The monoisotopic (exact) mass is 389 g/mol. The minimum absolute atomic E-state index is 0.174. The number of hydrogen-bond acceptors (Lipinski definition) is 4. The van der Waals surface area contributed by atoms with Crippen molar-refractivity contribution < 1.29 is 4.79 Å². The third kappa shape index (κ3) is 4.01. The number of hydrogen-bond donors (Lipinski definition) is 2. The molecular formula is C18H16ClN3OS2. The fourth-order valence-corrected chi connectivity index (χ4v) is 4.71. The van der Waals surface area contributed by atoms with Gasteiger partial charge in [-0.3, -0.25) is 10.1 Å². The molecule has 1 amide bonds. The van der Waals surface area contributed by atoms with Gasteiger partial charge in [0.15, 0.2) is 5.11 Å². The van der Waals surface area contributed by atoms with Crippen LogP contribution in [-0.2, 0) is 12.8 Å². The number of rotatable bonds is 2. The van der Waals surface area contributed by atoms with Crippen LogP contribution >= 0.6 is 35.2 Å². The van der Waals surface area contributed by atoms with Crippen molar-refractivity contribution in [2.24, 2.45) is 5.92 Å². The van der Waals surface area contributed by atoms with Crippen LogP contribution in [0.25, 0.3) is 0 Å². The maximum atomic E-state index is 12.2. The average Bonchev–Trinajstić information content (AvgIpc) is 2.90. The number of thiophene rings is 1. The molecule has 25 heavy (non-hydrogen) atoms. The summed E-state index contributed by atoms with van der Waals surface area (Å²) in [6.45, 7) is 2.22. The van der Waals surface area contributed by atoms with E-state index in [4.69, 9.17) is 23.8 Å². The van der Waals surface area contributed by atoms with Crippen molar-refractivity contribution >= 4 is 51.2 Å². The first-order chi connectivity index (χ1) is 12.0. The zero-order chi connectivity index (χ0) is 18.0. The first-order valence-corrected chi connectivity index (χ1v) is 9.50. The van der Waals surface area contributed by atoms with Crippen LogP contribution in [-0.4, -0.2) is 11.0 Å². The van der Waals surface area contributed by atoms with Crippen LogP contribution in [0.4, 0.5) is 5.00 Å². The molecule has 1 aromatic heterocycles. The smallest absolute Gasteiger partial charge is 0.257 e. The predicted molar refractivity (Wildman–Crippen MR) is 105 cm³/mol. The molecule has 7 heteroatoms. The quantitative estimate of drug-likeness (QED) is 0.741. The summed E-state index contributed by atoms with van der Waals surface area (Å²) in [5.41, 5.74) is 2.19. The van der Waals surface area contributed by atoms with Gasteiger partial charge in [0.25, 0.3) is 5.91 Å². The van der Waals surface area contributed by atoms with Crippen LogP contribution in [0.15, 0.2) is 24.3 Å². The van der Waals surface area contributed by atoms with Gasteiger partial charge in [-0.2, -0.15) is 5.26 Å². The molecule has 0 saturated heterocycles. The van der Waals surface area contributed by atoms with Crippen molar-refractivity contribution in [3.8, 4) is 6.07 Å². The number of nitrogens with zero attached hydrogens (tertiary/aromatic N) is 1. The molecule has 3 rings (SSSR count). The van der Waals surface area contributed by atoms with E-state index in [1.165, 1.54) is 4.88 Å². The Kier molecular flexibility index (Phi) is 5.38. The summed E-state index contributed by atoms with van der Waals surface area (Å²) in [4.78, 5) is 13.5. The molecule has 2 aromatic rings. The molecule has 1 aliphatic carbocycles. The normalized spacial score (nSPS) is 15.8. The van der Waals surface area contributed by atoms with E-state index < -0.39 is 0 Å². The van der Waals surface area contributed by atoms with E-state index in [9.17, 15) is 10.1 Å². The topological polar surface area (TPSA) is 64.9 Å². The number of nitrogens with one attached hydrogen (secondary N) is 2. The second-order valence-corrected chi connectivity index (χ2v) is 8.04. The zero-order valence-corrected chi connectivity index (χ0v) is 15.9. The van der Waals surface area contributed by atoms with Crippen LogP contribution in [0.3, 0.4) is 0 Å². The predicted octanol–water partition coefficient (Wildman–Crippen LogP) is 4.52. The number of nitriles is 1. The van der Waals surface area contributed by atoms with Crippen molar-refractivity contribution in [1.82, 2.24) is 5.32 Å². The molecule has 0 aliphatic heterocycles. The lowest BCUT2D eigenvalue weighted by Crippen LogP contribution is -2.34. The summed E-state index contributed by atoms with van der Waals surface area (Å²) >= 11 is 12.7. The first kappa shape index (κ1) is 17.9. The summed E-state index contributed by atoms with van der Waals surface area (Å²) in [5, 5.41) is 16.5. The number of amides is 1. The molecule has 0 unspecified atom stereocenters. The number of carbonyl (C=O) groups excluding carboxylic acids is 1. The maximum Gasteiger partial charge on any atom is 0.257 e. The van der Waals surface area contributed by atoms with Gasteiger partial charge in [-0.1, -0.05) is 24.6 Å². The van der Waals surface area contributed by atoms with Crippen LogP contribution in [0.5, 0.6) is 0 Å². The molecule has 0 saturated carbocycles. The molecule has 0 bridgehead atoms. The van der Waals surface area contributed by atoms with Gasteiger partial charge in [-0.15, -0.1) is 11.3 Å².